The van der Waals surface area contributed by atoms with E-state index >= 15 is 0 Å². The summed E-state index contributed by atoms with van der Waals surface area (Å²) < 4.78 is 37.5. The molecule has 3 rings (SSSR count). The Bertz CT molecular complexity index is 1190. The largest absolute Gasteiger partial charge is 0.486 e. The van der Waals surface area contributed by atoms with E-state index in [1.165, 1.54) is 4.31 Å². The molecule has 0 saturated carbocycles. The molecule has 11 heteroatoms. The number of carbonyl (C=O) groups excluding carboxylic acids is 2. The van der Waals surface area contributed by atoms with Crippen LogP contribution in [0.2, 0.25) is 5.02 Å². The zero-order valence-corrected chi connectivity index (χ0v) is 23.0. The van der Waals surface area contributed by atoms with Crippen LogP contribution in [0.4, 0.5) is 5.69 Å². The molecule has 1 N–H and O–H groups in total. The molecule has 1 aliphatic rings. The van der Waals surface area contributed by atoms with E-state index in [0.29, 0.717) is 48.4 Å². The Morgan fingerprint density at radius 3 is 2.35 bits per heavy atom. The SMILES string of the molecule is CCNC(=O)[C@@H](CC)N(Cc1ccc(Cl)cc1)C(=O)CCCN(c1ccc2c(c1)OCCO2)S(C)(=O)=O. The van der Waals surface area contributed by atoms with E-state index in [1.54, 1.807) is 35.2 Å². The van der Waals surface area contributed by atoms with Crippen LogP contribution in [-0.2, 0) is 26.2 Å². The van der Waals surface area contributed by atoms with Crippen LogP contribution >= 0.6 is 11.6 Å². The normalized spacial score (nSPS) is 13.5. The minimum atomic E-state index is -3.62. The number of halogens is 1. The second-order valence-electron chi connectivity index (χ2n) is 8.73. The standard InChI is InChI=1S/C26H34ClN3O6S/c1-4-22(26(32)28-5-2)29(18-19-8-10-20(27)11-9-19)25(31)7-6-14-30(37(3,33)34)21-12-13-23-24(17-21)36-16-15-35-23/h8-13,17,22H,4-7,14-16,18H2,1-3H3,(H,28,32)/t22-/m1/s1. The van der Waals surface area contributed by atoms with Crippen molar-refractivity contribution in [3.05, 3.63) is 53.1 Å². The van der Waals surface area contributed by atoms with Crippen LogP contribution in [0.25, 0.3) is 0 Å². The lowest BCUT2D eigenvalue weighted by atomic mass is 10.1. The van der Waals surface area contributed by atoms with Gasteiger partial charge in [0.2, 0.25) is 21.8 Å². The zero-order chi connectivity index (χ0) is 27.0. The van der Waals surface area contributed by atoms with Gasteiger partial charge in [-0.2, -0.15) is 0 Å². The number of nitrogens with one attached hydrogen (secondary N) is 1. The molecule has 0 saturated heterocycles. The fourth-order valence-electron chi connectivity index (χ4n) is 4.19. The average molecular weight is 552 g/mol. The van der Waals surface area contributed by atoms with Crippen LogP contribution in [0.5, 0.6) is 11.5 Å². The molecule has 0 spiro atoms. The number of benzene rings is 2. The van der Waals surface area contributed by atoms with Gasteiger partial charge in [-0.3, -0.25) is 13.9 Å². The van der Waals surface area contributed by atoms with Gasteiger partial charge in [0.25, 0.3) is 0 Å². The van der Waals surface area contributed by atoms with Crippen LogP contribution in [0, 0.1) is 0 Å². The summed E-state index contributed by atoms with van der Waals surface area (Å²) in [6.07, 6.45) is 1.90. The van der Waals surface area contributed by atoms with Crippen molar-refractivity contribution >= 4 is 39.1 Å². The Hall–Kier alpha value is -2.98. The topological polar surface area (TPSA) is 105 Å². The zero-order valence-electron chi connectivity index (χ0n) is 21.4. The Labute approximate surface area is 223 Å². The molecule has 202 valence electrons. The summed E-state index contributed by atoms with van der Waals surface area (Å²) in [4.78, 5) is 27.7. The van der Waals surface area contributed by atoms with Crippen molar-refractivity contribution in [2.24, 2.45) is 0 Å². The molecule has 1 aliphatic heterocycles. The Morgan fingerprint density at radius 1 is 1.05 bits per heavy atom. The molecule has 0 aliphatic carbocycles. The highest BCUT2D eigenvalue weighted by molar-refractivity contribution is 7.92. The molecule has 0 aromatic heterocycles. The van der Waals surface area contributed by atoms with Gasteiger partial charge in [-0.25, -0.2) is 8.42 Å². The number of fused-ring (bicyclic) bond motifs is 1. The maximum atomic E-state index is 13.4. The van der Waals surface area contributed by atoms with E-state index in [0.717, 1.165) is 11.8 Å². The number of carbonyl (C=O) groups is 2. The summed E-state index contributed by atoms with van der Waals surface area (Å²) in [5.41, 5.74) is 1.28. The number of anilines is 1. The molecule has 2 amide bonds. The summed E-state index contributed by atoms with van der Waals surface area (Å²) in [5.74, 6) is 0.591. The third-order valence-electron chi connectivity index (χ3n) is 5.97. The second kappa shape index (κ2) is 13.0. The van der Waals surface area contributed by atoms with Crippen LogP contribution in [0.1, 0.15) is 38.7 Å². The fraction of sp³-hybridized carbons (Fsp3) is 0.462. The van der Waals surface area contributed by atoms with E-state index in [4.69, 9.17) is 21.1 Å². The van der Waals surface area contributed by atoms with E-state index in [-0.39, 0.29) is 37.7 Å². The third kappa shape index (κ3) is 7.75. The van der Waals surface area contributed by atoms with Gasteiger partial charge in [0, 0.05) is 37.1 Å². The summed E-state index contributed by atoms with van der Waals surface area (Å²) in [6.45, 7) is 5.30. The maximum absolute atomic E-state index is 13.4. The minimum Gasteiger partial charge on any atom is -0.486 e. The van der Waals surface area contributed by atoms with Crippen LogP contribution < -0.4 is 19.1 Å². The Balaban J connectivity index is 1.75. The number of ether oxygens (including phenoxy) is 2. The number of rotatable bonds is 12. The van der Waals surface area contributed by atoms with Crippen LogP contribution in [0.3, 0.4) is 0 Å². The van der Waals surface area contributed by atoms with Gasteiger partial charge in [0.1, 0.15) is 19.3 Å². The third-order valence-corrected chi connectivity index (χ3v) is 7.42. The van der Waals surface area contributed by atoms with Crippen LogP contribution in [-0.4, -0.2) is 63.7 Å². The highest BCUT2D eigenvalue weighted by atomic mass is 35.5. The minimum absolute atomic E-state index is 0.0695. The van der Waals surface area contributed by atoms with Gasteiger partial charge in [-0.15, -0.1) is 0 Å². The first-order chi connectivity index (χ1) is 17.6. The molecular formula is C26H34ClN3O6S. The van der Waals surface area contributed by atoms with Gasteiger partial charge >= 0.3 is 0 Å². The number of nitrogens with zero attached hydrogens (tertiary/aromatic N) is 2. The predicted molar refractivity (Wildman–Crippen MR) is 144 cm³/mol. The molecule has 37 heavy (non-hydrogen) atoms. The highest BCUT2D eigenvalue weighted by Gasteiger charge is 2.29. The molecule has 2 aromatic rings. The quantitative estimate of drug-likeness (QED) is 0.432. The number of hydrogen-bond acceptors (Lipinski definition) is 6. The molecule has 0 fully saturated rings. The summed E-state index contributed by atoms with van der Waals surface area (Å²) in [6, 6.07) is 11.4. The molecule has 0 radical (unpaired) electrons. The lowest BCUT2D eigenvalue weighted by Gasteiger charge is -2.31. The molecular weight excluding hydrogens is 518 g/mol. The monoisotopic (exact) mass is 551 g/mol. The summed E-state index contributed by atoms with van der Waals surface area (Å²) >= 11 is 6.00. The molecule has 0 bridgehead atoms. The first kappa shape index (κ1) is 28.6. The first-order valence-electron chi connectivity index (χ1n) is 12.3. The Kier molecular flexibility index (Phi) is 10.0. The smallest absolute Gasteiger partial charge is 0.242 e. The van der Waals surface area contributed by atoms with Crippen molar-refractivity contribution in [3.8, 4) is 11.5 Å². The van der Waals surface area contributed by atoms with Crippen molar-refractivity contribution in [1.29, 1.82) is 0 Å². The number of hydrogen-bond donors (Lipinski definition) is 1. The molecule has 9 nitrogen and oxygen atoms in total. The number of sulfonamides is 1. The van der Waals surface area contributed by atoms with Crippen LogP contribution in [0.15, 0.2) is 42.5 Å². The van der Waals surface area contributed by atoms with Crippen molar-refractivity contribution in [1.82, 2.24) is 10.2 Å². The van der Waals surface area contributed by atoms with Crippen molar-refractivity contribution in [2.75, 3.05) is 36.9 Å². The number of likely N-dealkylation sites (N-methyl/N-ethyl adjacent to an activating group) is 1. The molecule has 0 unspecified atom stereocenters. The van der Waals surface area contributed by atoms with E-state index in [1.807, 2.05) is 26.0 Å². The summed E-state index contributed by atoms with van der Waals surface area (Å²) in [5, 5.41) is 3.38. The predicted octanol–water partition coefficient (Wildman–Crippen LogP) is 3.60. The van der Waals surface area contributed by atoms with Gasteiger partial charge in [0.15, 0.2) is 11.5 Å². The lowest BCUT2D eigenvalue weighted by Crippen LogP contribution is -2.49. The second-order valence-corrected chi connectivity index (χ2v) is 11.1. The van der Waals surface area contributed by atoms with Gasteiger partial charge in [0.05, 0.1) is 11.9 Å². The number of amides is 2. The average Bonchev–Trinajstić information content (AvgIpc) is 2.86. The molecule has 1 heterocycles. The van der Waals surface area contributed by atoms with Crippen molar-refractivity contribution < 1.29 is 27.5 Å². The van der Waals surface area contributed by atoms with Crippen molar-refractivity contribution in [2.45, 2.75) is 45.7 Å². The Morgan fingerprint density at radius 2 is 1.73 bits per heavy atom. The fourth-order valence-corrected chi connectivity index (χ4v) is 5.27. The van der Waals surface area contributed by atoms with Gasteiger partial charge < -0.3 is 19.7 Å². The van der Waals surface area contributed by atoms with Gasteiger partial charge in [-0.05, 0) is 49.6 Å². The molecule has 2 aromatic carbocycles. The first-order valence-corrected chi connectivity index (χ1v) is 14.6. The summed E-state index contributed by atoms with van der Waals surface area (Å²) in [7, 11) is -3.62. The lowest BCUT2D eigenvalue weighted by molar-refractivity contribution is -0.141. The highest BCUT2D eigenvalue weighted by Crippen LogP contribution is 2.34. The molecule has 1 atom stereocenters. The maximum Gasteiger partial charge on any atom is 0.242 e. The van der Waals surface area contributed by atoms with E-state index in [2.05, 4.69) is 5.32 Å². The van der Waals surface area contributed by atoms with Crippen molar-refractivity contribution in [3.63, 3.8) is 0 Å². The van der Waals surface area contributed by atoms with E-state index < -0.39 is 16.1 Å². The van der Waals surface area contributed by atoms with E-state index in [9.17, 15) is 18.0 Å². The van der Waals surface area contributed by atoms with Gasteiger partial charge in [-0.1, -0.05) is 30.7 Å².